The summed E-state index contributed by atoms with van der Waals surface area (Å²) in [6.07, 6.45) is 2.94. The van der Waals surface area contributed by atoms with Crippen LogP contribution in [-0.4, -0.2) is 56.6 Å². The quantitative estimate of drug-likeness (QED) is 0.462. The molecule has 2 aromatic rings. The molecule has 1 saturated heterocycles. The van der Waals surface area contributed by atoms with Gasteiger partial charge in [0.25, 0.3) is 0 Å². The standard InChI is InChI=1S/C26H36ClN3O3/c1-21(18-28)19-29-26(31)33-20-30(14-6-3-7-15-30)16-17-32-25(22-8-4-2-5-9-22)23-10-12-24(27)13-11-23/h2,4-5,8-13,21,25H,3,6-7,14-20,28H2,1H3/p+1. The SMILES string of the molecule is CC(CN)CNC(=O)OC[N+]1(CCOC(c2ccccc2)c2ccc(Cl)cc2)CCCCC1. The minimum absolute atomic E-state index is 0.171. The van der Waals surface area contributed by atoms with Gasteiger partial charge in [0.2, 0.25) is 6.73 Å². The van der Waals surface area contributed by atoms with Gasteiger partial charge in [0.1, 0.15) is 12.6 Å². The lowest BCUT2D eigenvalue weighted by atomic mass is 10.0. The van der Waals surface area contributed by atoms with Crippen molar-refractivity contribution in [3.8, 4) is 0 Å². The fraction of sp³-hybridized carbons (Fsp3) is 0.500. The van der Waals surface area contributed by atoms with E-state index in [1.54, 1.807) is 0 Å². The summed E-state index contributed by atoms with van der Waals surface area (Å²) < 4.78 is 12.8. The van der Waals surface area contributed by atoms with E-state index in [1.807, 2.05) is 49.4 Å². The van der Waals surface area contributed by atoms with Crippen molar-refractivity contribution >= 4 is 17.7 Å². The molecule has 1 fully saturated rings. The van der Waals surface area contributed by atoms with Crippen LogP contribution in [-0.2, 0) is 9.47 Å². The van der Waals surface area contributed by atoms with E-state index in [9.17, 15) is 4.79 Å². The van der Waals surface area contributed by atoms with Gasteiger partial charge in [0.05, 0.1) is 19.7 Å². The number of ether oxygens (including phenoxy) is 2. The summed E-state index contributed by atoms with van der Waals surface area (Å²) in [6.45, 7) is 6.77. The van der Waals surface area contributed by atoms with Crippen molar-refractivity contribution < 1.29 is 18.8 Å². The molecule has 0 spiro atoms. The zero-order valence-corrected chi connectivity index (χ0v) is 20.3. The topological polar surface area (TPSA) is 73.6 Å². The maximum Gasteiger partial charge on any atom is 0.411 e. The Hall–Kier alpha value is -2.12. The highest BCUT2D eigenvalue weighted by Crippen LogP contribution is 2.28. The number of piperidine rings is 1. The van der Waals surface area contributed by atoms with Gasteiger partial charge >= 0.3 is 6.09 Å². The van der Waals surface area contributed by atoms with Crippen molar-refractivity contribution in [1.82, 2.24) is 5.32 Å². The van der Waals surface area contributed by atoms with E-state index in [-0.39, 0.29) is 18.1 Å². The third-order valence-corrected chi connectivity index (χ3v) is 6.61. The lowest BCUT2D eigenvalue weighted by molar-refractivity contribution is -0.948. The summed E-state index contributed by atoms with van der Waals surface area (Å²) in [5.74, 6) is 0.229. The smallest absolute Gasteiger partial charge is 0.399 e. The van der Waals surface area contributed by atoms with Gasteiger partial charge in [-0.2, -0.15) is 0 Å². The Morgan fingerprint density at radius 1 is 1.06 bits per heavy atom. The first-order valence-electron chi connectivity index (χ1n) is 11.9. The molecular weight excluding hydrogens is 438 g/mol. The molecule has 0 bridgehead atoms. The molecule has 1 amide bonds. The van der Waals surface area contributed by atoms with Gasteiger partial charge < -0.3 is 20.5 Å². The van der Waals surface area contributed by atoms with Crippen LogP contribution in [0, 0.1) is 5.92 Å². The van der Waals surface area contributed by atoms with Gasteiger partial charge in [0.15, 0.2) is 0 Å². The number of nitrogens with two attached hydrogens (primary N) is 1. The van der Waals surface area contributed by atoms with Crippen LogP contribution in [0.1, 0.15) is 43.4 Å². The molecule has 0 aliphatic carbocycles. The molecule has 2 unspecified atom stereocenters. The van der Waals surface area contributed by atoms with Crippen LogP contribution in [0.5, 0.6) is 0 Å². The lowest BCUT2D eigenvalue weighted by Crippen LogP contribution is -2.55. The molecule has 0 aromatic heterocycles. The molecule has 6 nitrogen and oxygen atoms in total. The number of carbonyl (C=O) groups is 1. The van der Waals surface area contributed by atoms with Gasteiger partial charge in [-0.3, -0.25) is 4.48 Å². The number of rotatable bonds is 11. The second-order valence-electron chi connectivity index (χ2n) is 9.07. The molecule has 3 N–H and O–H groups in total. The third-order valence-electron chi connectivity index (χ3n) is 6.36. The second kappa shape index (κ2) is 12.9. The van der Waals surface area contributed by atoms with Gasteiger partial charge in [-0.05, 0) is 55.0 Å². The number of hydrogen-bond acceptors (Lipinski definition) is 4. The maximum absolute atomic E-state index is 12.2. The van der Waals surface area contributed by atoms with Crippen LogP contribution in [0.3, 0.4) is 0 Å². The molecular formula is C26H37ClN3O3+. The normalized spacial score (nSPS) is 17.2. The van der Waals surface area contributed by atoms with Crippen LogP contribution < -0.4 is 11.1 Å². The zero-order valence-electron chi connectivity index (χ0n) is 19.5. The fourth-order valence-corrected chi connectivity index (χ4v) is 4.33. The van der Waals surface area contributed by atoms with E-state index in [4.69, 9.17) is 26.8 Å². The number of nitrogens with one attached hydrogen (secondary N) is 1. The minimum Gasteiger partial charge on any atom is -0.399 e. The summed E-state index contributed by atoms with van der Waals surface area (Å²) in [5, 5.41) is 3.53. The first kappa shape index (κ1) is 25.5. The largest absolute Gasteiger partial charge is 0.411 e. The van der Waals surface area contributed by atoms with Crippen molar-refractivity contribution in [3.63, 3.8) is 0 Å². The fourth-order valence-electron chi connectivity index (χ4n) is 4.20. The van der Waals surface area contributed by atoms with Gasteiger partial charge in [-0.15, -0.1) is 0 Å². The average Bonchev–Trinajstić information content (AvgIpc) is 2.86. The predicted octanol–water partition coefficient (Wildman–Crippen LogP) is 4.73. The van der Waals surface area contributed by atoms with Crippen LogP contribution in [0.2, 0.25) is 5.02 Å². The van der Waals surface area contributed by atoms with Gasteiger partial charge in [-0.1, -0.05) is 61.0 Å². The Labute approximate surface area is 202 Å². The summed E-state index contributed by atoms with van der Waals surface area (Å²) in [5.41, 5.74) is 7.80. The van der Waals surface area contributed by atoms with E-state index in [2.05, 4.69) is 17.4 Å². The van der Waals surface area contributed by atoms with Crippen molar-refractivity contribution in [3.05, 3.63) is 70.7 Å². The molecule has 0 saturated carbocycles. The Morgan fingerprint density at radius 2 is 1.73 bits per heavy atom. The Kier molecular flexibility index (Phi) is 10.0. The number of likely N-dealkylation sites (tertiary alicyclic amines) is 1. The summed E-state index contributed by atoms with van der Waals surface area (Å²) >= 11 is 6.10. The number of nitrogens with zero attached hydrogens (tertiary/aromatic N) is 1. The number of halogens is 1. The molecule has 180 valence electrons. The van der Waals surface area contributed by atoms with E-state index in [0.29, 0.717) is 31.4 Å². The molecule has 1 heterocycles. The zero-order chi connectivity index (χ0) is 23.5. The average molecular weight is 475 g/mol. The van der Waals surface area contributed by atoms with Crippen LogP contribution >= 0.6 is 11.6 Å². The van der Waals surface area contributed by atoms with E-state index in [1.165, 1.54) is 6.42 Å². The van der Waals surface area contributed by atoms with Gasteiger partial charge in [-0.25, -0.2) is 4.79 Å². The predicted molar refractivity (Wildman–Crippen MR) is 132 cm³/mol. The molecule has 2 aromatic carbocycles. The number of carbonyl (C=O) groups excluding carboxylic acids is 1. The first-order chi connectivity index (χ1) is 16.0. The highest BCUT2D eigenvalue weighted by Gasteiger charge is 2.32. The minimum atomic E-state index is -0.373. The molecule has 1 aliphatic heterocycles. The van der Waals surface area contributed by atoms with Crippen molar-refractivity contribution in [2.24, 2.45) is 11.7 Å². The monoisotopic (exact) mass is 474 g/mol. The van der Waals surface area contributed by atoms with E-state index in [0.717, 1.165) is 48.1 Å². The van der Waals surface area contributed by atoms with Crippen LogP contribution in [0.15, 0.2) is 54.6 Å². The molecule has 2 atom stereocenters. The van der Waals surface area contributed by atoms with Crippen molar-refractivity contribution in [2.45, 2.75) is 32.3 Å². The first-order valence-corrected chi connectivity index (χ1v) is 12.3. The van der Waals surface area contributed by atoms with Crippen LogP contribution in [0.25, 0.3) is 0 Å². The van der Waals surface area contributed by atoms with Crippen molar-refractivity contribution in [1.29, 1.82) is 0 Å². The van der Waals surface area contributed by atoms with E-state index >= 15 is 0 Å². The maximum atomic E-state index is 12.2. The number of amides is 1. The molecule has 1 aliphatic rings. The van der Waals surface area contributed by atoms with E-state index < -0.39 is 0 Å². The molecule has 3 rings (SSSR count). The second-order valence-corrected chi connectivity index (χ2v) is 9.51. The van der Waals surface area contributed by atoms with Crippen LogP contribution in [0.4, 0.5) is 4.79 Å². The Bertz CT molecular complexity index is 842. The molecule has 33 heavy (non-hydrogen) atoms. The lowest BCUT2D eigenvalue weighted by Gasteiger charge is -2.40. The number of alkyl carbamates (subject to hydrolysis) is 1. The third kappa shape index (κ3) is 8.00. The summed E-state index contributed by atoms with van der Waals surface area (Å²) in [6, 6.07) is 18.0. The highest BCUT2D eigenvalue weighted by molar-refractivity contribution is 6.30. The number of hydrogen-bond donors (Lipinski definition) is 2. The Balaban J connectivity index is 1.61. The number of benzene rings is 2. The molecule has 7 heteroatoms. The van der Waals surface area contributed by atoms with Crippen molar-refractivity contribution in [2.75, 3.05) is 46.1 Å². The summed E-state index contributed by atoms with van der Waals surface area (Å²) in [7, 11) is 0. The number of quaternary nitrogens is 1. The highest BCUT2D eigenvalue weighted by atomic mass is 35.5. The summed E-state index contributed by atoms with van der Waals surface area (Å²) in [4.78, 5) is 12.2. The Morgan fingerprint density at radius 3 is 2.39 bits per heavy atom. The van der Waals surface area contributed by atoms with Gasteiger partial charge in [0, 0.05) is 11.6 Å². The molecule has 0 radical (unpaired) electrons.